The van der Waals surface area contributed by atoms with Crippen molar-refractivity contribution in [2.45, 2.75) is 26.3 Å². The van der Waals surface area contributed by atoms with Crippen molar-refractivity contribution >= 4 is 0 Å². The summed E-state index contributed by atoms with van der Waals surface area (Å²) < 4.78 is 33.2. The van der Waals surface area contributed by atoms with Crippen molar-refractivity contribution in [2.24, 2.45) is 0 Å². The molecular formula is C15H19F2N3O. The Morgan fingerprint density at radius 3 is 2.86 bits per heavy atom. The summed E-state index contributed by atoms with van der Waals surface area (Å²) in [4.78, 5) is 0. The van der Waals surface area contributed by atoms with Crippen LogP contribution in [0, 0.1) is 0 Å². The van der Waals surface area contributed by atoms with Crippen molar-refractivity contribution in [3.8, 4) is 11.4 Å². The van der Waals surface area contributed by atoms with E-state index in [-0.39, 0.29) is 5.69 Å². The zero-order chi connectivity index (χ0) is 15.2. The minimum absolute atomic E-state index is 0.0770. The number of aromatic nitrogens is 2. The topological polar surface area (TPSA) is 39.1 Å². The smallest absolute Gasteiger partial charge is 0.280 e. The molecule has 4 nitrogen and oxygen atoms in total. The molecule has 0 unspecified atom stereocenters. The Kier molecular flexibility index (Phi) is 5.27. The van der Waals surface area contributed by atoms with E-state index >= 15 is 0 Å². The molecule has 1 aromatic heterocycles. The van der Waals surface area contributed by atoms with Crippen molar-refractivity contribution in [1.29, 1.82) is 0 Å². The highest BCUT2D eigenvalue weighted by Gasteiger charge is 2.20. The van der Waals surface area contributed by atoms with E-state index in [4.69, 9.17) is 4.74 Å². The van der Waals surface area contributed by atoms with Gasteiger partial charge in [-0.2, -0.15) is 5.10 Å². The molecule has 0 fully saturated rings. The second-order valence-electron chi connectivity index (χ2n) is 4.65. The van der Waals surface area contributed by atoms with Crippen LogP contribution in [0.4, 0.5) is 8.78 Å². The molecule has 1 aromatic carbocycles. The number of hydrogen-bond donors (Lipinski definition) is 1. The molecule has 0 atom stereocenters. The SMILES string of the molecule is CCCNCc1cnn(-c2cccc(OC)c2)c1C(F)F. The van der Waals surface area contributed by atoms with E-state index in [2.05, 4.69) is 10.4 Å². The first-order valence-corrected chi connectivity index (χ1v) is 6.87. The summed E-state index contributed by atoms with van der Waals surface area (Å²) in [6.07, 6.45) is -0.144. The Morgan fingerprint density at radius 2 is 2.19 bits per heavy atom. The van der Waals surface area contributed by atoms with Crippen molar-refractivity contribution < 1.29 is 13.5 Å². The highest BCUT2D eigenvalue weighted by Crippen LogP contribution is 2.27. The molecule has 2 rings (SSSR count). The molecule has 0 aliphatic carbocycles. The summed E-state index contributed by atoms with van der Waals surface area (Å²) in [6, 6.07) is 6.92. The summed E-state index contributed by atoms with van der Waals surface area (Å²) in [5.41, 5.74) is 1.000. The lowest BCUT2D eigenvalue weighted by Gasteiger charge is -2.10. The maximum atomic E-state index is 13.4. The molecule has 2 aromatic rings. The molecule has 0 saturated carbocycles. The second kappa shape index (κ2) is 7.17. The Morgan fingerprint density at radius 1 is 1.38 bits per heavy atom. The number of hydrogen-bond acceptors (Lipinski definition) is 3. The lowest BCUT2D eigenvalue weighted by Crippen LogP contribution is -2.15. The van der Waals surface area contributed by atoms with Gasteiger partial charge in [-0.1, -0.05) is 13.0 Å². The van der Waals surface area contributed by atoms with Gasteiger partial charge in [-0.3, -0.25) is 0 Å². The Labute approximate surface area is 122 Å². The number of benzene rings is 1. The predicted molar refractivity (Wildman–Crippen MR) is 77.1 cm³/mol. The van der Waals surface area contributed by atoms with Gasteiger partial charge in [0.15, 0.2) is 0 Å². The van der Waals surface area contributed by atoms with E-state index in [0.717, 1.165) is 13.0 Å². The van der Waals surface area contributed by atoms with E-state index in [0.29, 0.717) is 23.5 Å². The van der Waals surface area contributed by atoms with Gasteiger partial charge in [0, 0.05) is 18.2 Å². The predicted octanol–water partition coefficient (Wildman–Crippen LogP) is 3.32. The average molecular weight is 295 g/mol. The van der Waals surface area contributed by atoms with Gasteiger partial charge in [-0.25, -0.2) is 13.5 Å². The Balaban J connectivity index is 2.34. The number of nitrogens with zero attached hydrogens (tertiary/aromatic N) is 2. The van der Waals surface area contributed by atoms with Crippen molar-refractivity contribution in [3.05, 3.63) is 41.7 Å². The van der Waals surface area contributed by atoms with Crippen LogP contribution in [-0.2, 0) is 6.54 Å². The quantitative estimate of drug-likeness (QED) is 0.796. The third kappa shape index (κ3) is 3.58. The maximum absolute atomic E-state index is 13.4. The van der Waals surface area contributed by atoms with Crippen LogP contribution in [0.1, 0.15) is 31.0 Å². The van der Waals surface area contributed by atoms with Gasteiger partial charge in [0.2, 0.25) is 0 Å². The number of alkyl halides is 2. The number of methoxy groups -OCH3 is 1. The number of rotatable bonds is 7. The fraction of sp³-hybridized carbons (Fsp3) is 0.400. The summed E-state index contributed by atoms with van der Waals surface area (Å²) in [7, 11) is 1.54. The molecular weight excluding hydrogens is 276 g/mol. The highest BCUT2D eigenvalue weighted by molar-refractivity contribution is 5.41. The van der Waals surface area contributed by atoms with E-state index in [1.165, 1.54) is 18.0 Å². The molecule has 0 saturated heterocycles. The fourth-order valence-electron chi connectivity index (χ4n) is 2.11. The lowest BCUT2D eigenvalue weighted by molar-refractivity contribution is 0.141. The first kappa shape index (κ1) is 15.4. The normalized spacial score (nSPS) is 11.1. The zero-order valence-electron chi connectivity index (χ0n) is 12.1. The van der Waals surface area contributed by atoms with E-state index in [1.807, 2.05) is 6.92 Å². The molecule has 0 amide bonds. The number of ether oxygens (including phenoxy) is 1. The van der Waals surface area contributed by atoms with Gasteiger partial charge in [-0.05, 0) is 25.1 Å². The van der Waals surface area contributed by atoms with Crippen LogP contribution in [0.3, 0.4) is 0 Å². The maximum Gasteiger partial charge on any atom is 0.280 e. The molecule has 21 heavy (non-hydrogen) atoms. The minimum Gasteiger partial charge on any atom is -0.497 e. The first-order chi connectivity index (χ1) is 10.2. The summed E-state index contributed by atoms with van der Waals surface area (Å²) in [6.45, 7) is 3.20. The van der Waals surface area contributed by atoms with Crippen LogP contribution >= 0.6 is 0 Å². The van der Waals surface area contributed by atoms with E-state index < -0.39 is 6.43 Å². The standard InChI is InChI=1S/C15H19F2N3O/c1-3-7-18-9-11-10-19-20(14(11)15(16)17)12-5-4-6-13(8-12)21-2/h4-6,8,10,15,18H,3,7,9H2,1-2H3. The lowest BCUT2D eigenvalue weighted by atomic mass is 10.2. The molecule has 1 N–H and O–H groups in total. The monoisotopic (exact) mass is 295 g/mol. The number of halogens is 2. The molecule has 6 heteroatoms. The summed E-state index contributed by atoms with van der Waals surface area (Å²) in [5, 5.41) is 7.23. The van der Waals surface area contributed by atoms with Gasteiger partial charge in [0.25, 0.3) is 6.43 Å². The average Bonchev–Trinajstić information content (AvgIpc) is 2.92. The number of nitrogens with one attached hydrogen (secondary N) is 1. The van der Waals surface area contributed by atoms with Crippen LogP contribution in [0.2, 0.25) is 0 Å². The van der Waals surface area contributed by atoms with Crippen LogP contribution < -0.4 is 10.1 Å². The summed E-state index contributed by atoms with van der Waals surface area (Å²) >= 11 is 0. The van der Waals surface area contributed by atoms with E-state index in [9.17, 15) is 8.78 Å². The van der Waals surface area contributed by atoms with Crippen LogP contribution in [0.25, 0.3) is 5.69 Å². The minimum atomic E-state index is -2.59. The van der Waals surface area contributed by atoms with Gasteiger partial charge in [-0.15, -0.1) is 0 Å². The molecule has 0 aliphatic rings. The highest BCUT2D eigenvalue weighted by atomic mass is 19.3. The fourth-order valence-corrected chi connectivity index (χ4v) is 2.11. The van der Waals surface area contributed by atoms with Gasteiger partial charge < -0.3 is 10.1 Å². The third-order valence-corrected chi connectivity index (χ3v) is 3.13. The van der Waals surface area contributed by atoms with Crippen molar-refractivity contribution in [1.82, 2.24) is 15.1 Å². The third-order valence-electron chi connectivity index (χ3n) is 3.13. The molecule has 0 radical (unpaired) electrons. The van der Waals surface area contributed by atoms with Crippen molar-refractivity contribution in [2.75, 3.05) is 13.7 Å². The molecule has 0 aliphatic heterocycles. The Hall–Kier alpha value is -1.95. The molecule has 1 heterocycles. The Bertz CT molecular complexity index is 584. The largest absolute Gasteiger partial charge is 0.497 e. The second-order valence-corrected chi connectivity index (χ2v) is 4.65. The van der Waals surface area contributed by atoms with Gasteiger partial charge in [0.05, 0.1) is 19.0 Å². The van der Waals surface area contributed by atoms with Crippen LogP contribution in [0.15, 0.2) is 30.5 Å². The zero-order valence-corrected chi connectivity index (χ0v) is 12.1. The van der Waals surface area contributed by atoms with Crippen LogP contribution in [0.5, 0.6) is 5.75 Å². The summed E-state index contributed by atoms with van der Waals surface area (Å²) in [5.74, 6) is 0.605. The first-order valence-electron chi connectivity index (χ1n) is 6.87. The van der Waals surface area contributed by atoms with Gasteiger partial charge in [0.1, 0.15) is 11.4 Å². The van der Waals surface area contributed by atoms with E-state index in [1.54, 1.807) is 24.3 Å². The molecule has 0 bridgehead atoms. The molecule has 0 spiro atoms. The van der Waals surface area contributed by atoms with Gasteiger partial charge >= 0.3 is 0 Å². The van der Waals surface area contributed by atoms with Crippen LogP contribution in [-0.4, -0.2) is 23.4 Å². The van der Waals surface area contributed by atoms with Crippen molar-refractivity contribution in [3.63, 3.8) is 0 Å². The molecule has 114 valence electrons.